The van der Waals surface area contributed by atoms with Crippen LogP contribution in [0.15, 0.2) is 48.5 Å². The molecule has 0 aliphatic heterocycles. The zero-order valence-corrected chi connectivity index (χ0v) is 18.9. The molecule has 0 unspecified atom stereocenters. The molecule has 1 saturated carbocycles. The molecule has 0 saturated heterocycles. The van der Waals surface area contributed by atoms with Crippen molar-refractivity contribution in [2.24, 2.45) is 0 Å². The van der Waals surface area contributed by atoms with Crippen LogP contribution in [0, 0.1) is 0 Å². The topological polar surface area (TPSA) is 64.4 Å². The Balaban J connectivity index is 1.59. The number of hydrogen-bond acceptors (Lipinski definition) is 4. The first-order valence-electron chi connectivity index (χ1n) is 11.6. The first-order valence-corrected chi connectivity index (χ1v) is 11.6. The minimum absolute atomic E-state index is 0.212. The zero-order valence-electron chi connectivity index (χ0n) is 18.9. The predicted molar refractivity (Wildman–Crippen MR) is 125 cm³/mol. The highest BCUT2D eigenvalue weighted by atomic mass is 16.5. The summed E-state index contributed by atoms with van der Waals surface area (Å²) in [5.74, 6) is 0.651. The molecule has 0 atom stereocenters. The maximum absolute atomic E-state index is 13.1. The second-order valence-corrected chi connectivity index (χ2v) is 8.37. The number of imidazole rings is 1. The molecule has 1 heterocycles. The van der Waals surface area contributed by atoms with Crippen LogP contribution < -0.4 is 0 Å². The fraction of sp³-hybridized carbons (Fsp3) is 0.423. The van der Waals surface area contributed by atoms with Crippen molar-refractivity contribution in [3.05, 3.63) is 54.1 Å². The quantitative estimate of drug-likeness (QED) is 0.489. The van der Waals surface area contributed by atoms with Gasteiger partial charge < -0.3 is 14.2 Å². The molecule has 0 bridgehead atoms. The van der Waals surface area contributed by atoms with Crippen molar-refractivity contribution in [3.8, 4) is 11.4 Å². The second kappa shape index (κ2) is 9.98. The second-order valence-electron chi connectivity index (χ2n) is 8.37. The Labute approximate surface area is 189 Å². The number of ether oxygens (including phenoxy) is 1. The van der Waals surface area contributed by atoms with E-state index in [4.69, 9.17) is 9.72 Å². The standard InChI is InChI=1S/C26H31N3O3/c1-3-28(21-9-5-4-6-10-21)24(30)17-18-29-23-12-8-7-11-22(23)27-25(29)19-13-15-20(16-14-19)26(31)32-2/h7-8,11-16,21H,3-6,9-10,17-18H2,1-2H3. The summed E-state index contributed by atoms with van der Waals surface area (Å²) in [6, 6.07) is 15.6. The zero-order chi connectivity index (χ0) is 22.5. The number of methoxy groups -OCH3 is 1. The van der Waals surface area contributed by atoms with Crippen LogP contribution in [0.25, 0.3) is 22.4 Å². The summed E-state index contributed by atoms with van der Waals surface area (Å²) in [6.45, 7) is 3.40. The highest BCUT2D eigenvalue weighted by molar-refractivity contribution is 5.90. The Morgan fingerprint density at radius 3 is 2.47 bits per heavy atom. The molecule has 0 spiro atoms. The molecule has 6 heteroatoms. The van der Waals surface area contributed by atoms with Crippen molar-refractivity contribution in [2.45, 2.75) is 58.0 Å². The Kier molecular flexibility index (Phi) is 6.88. The molecule has 1 fully saturated rings. The Bertz CT molecular complexity index is 1080. The number of benzene rings is 2. The maximum atomic E-state index is 13.1. The number of carbonyl (C=O) groups is 2. The number of hydrogen-bond donors (Lipinski definition) is 0. The first kappa shape index (κ1) is 22.1. The summed E-state index contributed by atoms with van der Waals surface area (Å²) in [4.78, 5) is 31.8. The van der Waals surface area contributed by atoms with Gasteiger partial charge in [-0.15, -0.1) is 0 Å². The molecular weight excluding hydrogens is 402 g/mol. The van der Waals surface area contributed by atoms with E-state index >= 15 is 0 Å². The number of carbonyl (C=O) groups excluding carboxylic acids is 2. The number of amides is 1. The van der Waals surface area contributed by atoms with Gasteiger partial charge in [0, 0.05) is 31.1 Å². The van der Waals surface area contributed by atoms with Crippen LogP contribution in [-0.2, 0) is 16.1 Å². The third-order valence-corrected chi connectivity index (χ3v) is 6.44. The summed E-state index contributed by atoms with van der Waals surface area (Å²) < 4.78 is 6.92. The monoisotopic (exact) mass is 433 g/mol. The number of nitrogens with zero attached hydrogens (tertiary/aromatic N) is 3. The summed E-state index contributed by atoms with van der Waals surface area (Å²) in [5, 5.41) is 0. The van der Waals surface area contributed by atoms with Crippen LogP contribution in [0.3, 0.4) is 0 Å². The molecule has 1 aromatic heterocycles. The summed E-state index contributed by atoms with van der Waals surface area (Å²) in [7, 11) is 1.37. The summed E-state index contributed by atoms with van der Waals surface area (Å²) >= 11 is 0. The van der Waals surface area contributed by atoms with E-state index in [1.807, 2.05) is 36.4 Å². The lowest BCUT2D eigenvalue weighted by molar-refractivity contribution is -0.134. The largest absolute Gasteiger partial charge is 0.465 e. The molecule has 4 rings (SSSR count). The van der Waals surface area contributed by atoms with Gasteiger partial charge in [0.25, 0.3) is 0 Å². The molecule has 2 aromatic carbocycles. The van der Waals surface area contributed by atoms with Crippen molar-refractivity contribution < 1.29 is 14.3 Å². The van der Waals surface area contributed by atoms with E-state index in [1.54, 1.807) is 12.1 Å². The SMILES string of the molecule is CCN(C(=O)CCn1c(-c2ccc(C(=O)OC)cc2)nc2ccccc21)C1CCCCC1. The average Bonchev–Trinajstić information content (AvgIpc) is 3.22. The third kappa shape index (κ3) is 4.54. The van der Waals surface area contributed by atoms with Crippen molar-refractivity contribution in [1.29, 1.82) is 0 Å². The van der Waals surface area contributed by atoms with Crippen molar-refractivity contribution >= 4 is 22.9 Å². The van der Waals surface area contributed by atoms with E-state index in [-0.39, 0.29) is 11.9 Å². The first-order chi connectivity index (χ1) is 15.6. The number of para-hydroxylation sites is 2. The van der Waals surface area contributed by atoms with E-state index < -0.39 is 0 Å². The molecule has 1 aliphatic rings. The van der Waals surface area contributed by atoms with Crippen molar-refractivity contribution in [3.63, 3.8) is 0 Å². The highest BCUT2D eigenvalue weighted by Crippen LogP contribution is 2.27. The van der Waals surface area contributed by atoms with E-state index in [0.29, 0.717) is 24.6 Å². The lowest BCUT2D eigenvalue weighted by atomic mass is 9.94. The average molecular weight is 434 g/mol. The fourth-order valence-corrected chi connectivity index (χ4v) is 4.78. The molecule has 6 nitrogen and oxygen atoms in total. The van der Waals surface area contributed by atoms with Gasteiger partial charge in [0.15, 0.2) is 0 Å². The normalized spacial score (nSPS) is 14.4. The van der Waals surface area contributed by atoms with Gasteiger partial charge >= 0.3 is 5.97 Å². The van der Waals surface area contributed by atoms with E-state index in [0.717, 1.165) is 41.8 Å². The maximum Gasteiger partial charge on any atom is 0.337 e. The third-order valence-electron chi connectivity index (χ3n) is 6.44. The van der Waals surface area contributed by atoms with Gasteiger partial charge in [-0.25, -0.2) is 9.78 Å². The van der Waals surface area contributed by atoms with E-state index in [1.165, 1.54) is 26.4 Å². The predicted octanol–water partition coefficient (Wildman–Crippen LogP) is 5.06. The summed E-state index contributed by atoms with van der Waals surface area (Å²) in [5.41, 5.74) is 3.31. The van der Waals surface area contributed by atoms with Crippen LogP contribution in [0.5, 0.6) is 0 Å². The van der Waals surface area contributed by atoms with Crippen molar-refractivity contribution in [1.82, 2.24) is 14.5 Å². The smallest absolute Gasteiger partial charge is 0.337 e. The number of rotatable bonds is 7. The van der Waals surface area contributed by atoms with Crippen LogP contribution in [0.4, 0.5) is 0 Å². The molecular formula is C26H31N3O3. The fourth-order valence-electron chi connectivity index (χ4n) is 4.78. The molecule has 168 valence electrons. The molecule has 3 aromatic rings. The number of esters is 1. The number of aryl methyl sites for hydroxylation is 1. The van der Waals surface area contributed by atoms with Gasteiger partial charge in [0.1, 0.15) is 5.82 Å². The van der Waals surface area contributed by atoms with Crippen LogP contribution in [-0.4, -0.2) is 46.0 Å². The van der Waals surface area contributed by atoms with Gasteiger partial charge in [-0.1, -0.05) is 43.5 Å². The molecule has 0 N–H and O–H groups in total. The minimum atomic E-state index is -0.363. The molecule has 0 radical (unpaired) electrons. The van der Waals surface area contributed by atoms with Crippen LogP contribution >= 0.6 is 0 Å². The lowest BCUT2D eigenvalue weighted by Gasteiger charge is -2.33. The molecule has 1 aliphatic carbocycles. The Morgan fingerprint density at radius 2 is 1.78 bits per heavy atom. The minimum Gasteiger partial charge on any atom is -0.465 e. The Morgan fingerprint density at radius 1 is 1.06 bits per heavy atom. The van der Waals surface area contributed by atoms with Gasteiger partial charge in [0.2, 0.25) is 5.91 Å². The van der Waals surface area contributed by atoms with E-state index in [2.05, 4.69) is 16.4 Å². The molecule has 1 amide bonds. The highest BCUT2D eigenvalue weighted by Gasteiger charge is 2.24. The van der Waals surface area contributed by atoms with Gasteiger partial charge in [-0.2, -0.15) is 0 Å². The summed E-state index contributed by atoms with van der Waals surface area (Å²) in [6.07, 6.45) is 6.38. The number of fused-ring (bicyclic) bond motifs is 1. The van der Waals surface area contributed by atoms with Crippen LogP contribution in [0.1, 0.15) is 55.8 Å². The van der Waals surface area contributed by atoms with Crippen molar-refractivity contribution in [2.75, 3.05) is 13.7 Å². The van der Waals surface area contributed by atoms with Gasteiger partial charge in [-0.05, 0) is 44.0 Å². The van der Waals surface area contributed by atoms with Gasteiger partial charge in [-0.3, -0.25) is 4.79 Å². The molecule has 32 heavy (non-hydrogen) atoms. The number of aromatic nitrogens is 2. The lowest BCUT2D eigenvalue weighted by Crippen LogP contribution is -2.41. The Hall–Kier alpha value is -3.15. The van der Waals surface area contributed by atoms with Gasteiger partial charge in [0.05, 0.1) is 23.7 Å². The van der Waals surface area contributed by atoms with Crippen LogP contribution in [0.2, 0.25) is 0 Å². The van der Waals surface area contributed by atoms with E-state index in [9.17, 15) is 9.59 Å².